The van der Waals surface area contributed by atoms with Crippen LogP contribution < -0.4 is 4.90 Å². The number of amides is 1. The van der Waals surface area contributed by atoms with Crippen molar-refractivity contribution < 1.29 is 19.1 Å². The molecule has 2 bridgehead atoms. The van der Waals surface area contributed by atoms with Crippen molar-refractivity contribution in [3.8, 4) is 11.1 Å². The van der Waals surface area contributed by atoms with Crippen LogP contribution in [0.5, 0.6) is 0 Å². The van der Waals surface area contributed by atoms with Gasteiger partial charge in [0.25, 0.3) is 0 Å². The molecular weight excluding hydrogens is 490 g/mol. The van der Waals surface area contributed by atoms with Crippen LogP contribution in [0.2, 0.25) is 0 Å². The molecule has 7 heteroatoms. The molecule has 1 atom stereocenters. The summed E-state index contributed by atoms with van der Waals surface area (Å²) in [7, 11) is 0. The Balaban J connectivity index is 1.26. The van der Waals surface area contributed by atoms with Crippen molar-refractivity contribution in [2.24, 2.45) is 5.92 Å². The molecule has 198 valence electrons. The van der Waals surface area contributed by atoms with Gasteiger partial charge < -0.3 is 14.4 Å². The number of aromatic nitrogens is 1. The lowest BCUT2D eigenvalue weighted by Gasteiger charge is -2.48. The van der Waals surface area contributed by atoms with Crippen LogP contribution in [0.25, 0.3) is 28.3 Å². The van der Waals surface area contributed by atoms with E-state index in [1.165, 1.54) is 0 Å². The predicted octanol–water partition coefficient (Wildman–Crippen LogP) is 6.53. The van der Waals surface area contributed by atoms with E-state index in [1.54, 1.807) is 23.1 Å². The van der Waals surface area contributed by atoms with Crippen molar-refractivity contribution in [3.05, 3.63) is 89.8 Å². The first-order valence-corrected chi connectivity index (χ1v) is 13.5. The minimum absolute atomic E-state index is 0.0504. The van der Waals surface area contributed by atoms with E-state index in [0.717, 1.165) is 61.1 Å². The highest BCUT2D eigenvalue weighted by Crippen LogP contribution is 2.39. The number of anilines is 1. The molecule has 3 fully saturated rings. The molecule has 39 heavy (non-hydrogen) atoms. The summed E-state index contributed by atoms with van der Waals surface area (Å²) in [5.74, 6) is 1.00. The third-order valence-corrected chi connectivity index (χ3v) is 7.95. The van der Waals surface area contributed by atoms with Gasteiger partial charge in [0.15, 0.2) is 11.5 Å². The Kier molecular flexibility index (Phi) is 6.99. The molecule has 0 aliphatic carbocycles. The van der Waals surface area contributed by atoms with Gasteiger partial charge in [-0.3, -0.25) is 9.69 Å². The van der Waals surface area contributed by atoms with Crippen molar-refractivity contribution in [1.29, 1.82) is 0 Å². The molecule has 0 spiro atoms. The Labute approximate surface area is 227 Å². The van der Waals surface area contributed by atoms with Crippen molar-refractivity contribution in [1.82, 2.24) is 9.88 Å². The molecular formula is C32H31N3O4. The molecule has 4 heterocycles. The van der Waals surface area contributed by atoms with E-state index in [9.17, 15) is 14.7 Å². The molecule has 7 nitrogen and oxygen atoms in total. The number of carbonyl (C=O) groups excluding carboxylic acids is 1. The summed E-state index contributed by atoms with van der Waals surface area (Å²) in [6.45, 7) is 2.90. The number of fused-ring (bicyclic) bond motifs is 4. The van der Waals surface area contributed by atoms with Crippen LogP contribution in [0.15, 0.2) is 77.2 Å². The molecule has 1 N–H and O–H groups in total. The molecule has 0 radical (unpaired) electrons. The summed E-state index contributed by atoms with van der Waals surface area (Å²) in [5, 5.41) is 10.5. The quantitative estimate of drug-likeness (QED) is 0.265. The maximum atomic E-state index is 12.8. The number of allylic oxidation sites excluding steroid dienone is 1. The predicted molar refractivity (Wildman–Crippen MR) is 152 cm³/mol. The monoisotopic (exact) mass is 521 g/mol. The fraction of sp³-hybridized carbons (Fsp3) is 0.281. The number of carboxylic acid groups (broad SMARTS) is 1. The smallest absolute Gasteiger partial charge is 0.412 e. The van der Waals surface area contributed by atoms with Gasteiger partial charge in [-0.15, -0.1) is 0 Å². The number of benzene rings is 3. The van der Waals surface area contributed by atoms with Gasteiger partial charge in [-0.25, -0.2) is 9.78 Å². The van der Waals surface area contributed by atoms with E-state index in [4.69, 9.17) is 4.42 Å². The molecule has 3 aliphatic rings. The third-order valence-electron chi connectivity index (χ3n) is 7.95. The van der Waals surface area contributed by atoms with Crippen LogP contribution in [0.3, 0.4) is 0 Å². The minimum atomic E-state index is -0.902. The molecule has 3 aliphatic heterocycles. The Morgan fingerprint density at radius 2 is 1.85 bits per heavy atom. The van der Waals surface area contributed by atoms with Gasteiger partial charge in [-0.2, -0.15) is 0 Å². The maximum absolute atomic E-state index is 12.8. The van der Waals surface area contributed by atoms with E-state index in [-0.39, 0.29) is 6.04 Å². The zero-order chi connectivity index (χ0) is 26.8. The lowest BCUT2D eigenvalue weighted by Crippen LogP contribution is -2.59. The Morgan fingerprint density at radius 3 is 2.56 bits per heavy atom. The van der Waals surface area contributed by atoms with Gasteiger partial charge in [0.2, 0.25) is 0 Å². The summed E-state index contributed by atoms with van der Waals surface area (Å²) < 4.78 is 5.82. The molecule has 0 unspecified atom stereocenters. The van der Waals surface area contributed by atoms with E-state index in [2.05, 4.69) is 16.0 Å². The zero-order valence-corrected chi connectivity index (χ0v) is 21.7. The number of oxazole rings is 1. The number of carbonyl (C=O) groups is 2. The first-order chi connectivity index (χ1) is 19.1. The molecule has 4 aromatic rings. The highest BCUT2D eigenvalue weighted by molar-refractivity contribution is 5.94. The normalized spacial score (nSPS) is 20.5. The minimum Gasteiger partial charge on any atom is -0.465 e. The highest BCUT2D eigenvalue weighted by atomic mass is 16.4. The number of hydrogen-bond acceptors (Lipinski definition) is 5. The molecule has 1 aromatic heterocycles. The first-order valence-electron chi connectivity index (χ1n) is 13.5. The molecule has 1 amide bonds. The lowest BCUT2D eigenvalue weighted by atomic mass is 9.82. The van der Waals surface area contributed by atoms with E-state index < -0.39 is 6.09 Å². The van der Waals surface area contributed by atoms with Crippen LogP contribution in [-0.2, 0) is 6.42 Å². The Bertz CT molecular complexity index is 1520. The van der Waals surface area contributed by atoms with E-state index in [0.29, 0.717) is 41.3 Å². The van der Waals surface area contributed by atoms with Gasteiger partial charge in [0.05, 0.1) is 11.7 Å². The number of piperidine rings is 3. The molecule has 3 aromatic carbocycles. The second-order valence-corrected chi connectivity index (χ2v) is 10.4. The van der Waals surface area contributed by atoms with Crippen LogP contribution >= 0.6 is 0 Å². The average Bonchev–Trinajstić information content (AvgIpc) is 3.38. The Morgan fingerprint density at radius 1 is 1.05 bits per heavy atom. The largest absolute Gasteiger partial charge is 0.465 e. The second kappa shape index (κ2) is 10.9. The second-order valence-electron chi connectivity index (χ2n) is 10.4. The summed E-state index contributed by atoms with van der Waals surface area (Å²) in [6, 6.07) is 21.2. The summed E-state index contributed by atoms with van der Waals surface area (Å²) >= 11 is 0. The van der Waals surface area contributed by atoms with Crippen molar-refractivity contribution in [3.63, 3.8) is 0 Å². The van der Waals surface area contributed by atoms with Crippen LogP contribution in [0, 0.1) is 5.92 Å². The number of rotatable bonds is 8. The lowest BCUT2D eigenvalue weighted by molar-refractivity contribution is 0.0838. The Hall–Kier alpha value is -4.23. The van der Waals surface area contributed by atoms with Gasteiger partial charge in [0.1, 0.15) is 11.8 Å². The fourth-order valence-corrected chi connectivity index (χ4v) is 5.96. The van der Waals surface area contributed by atoms with Crippen molar-refractivity contribution in [2.45, 2.75) is 31.7 Å². The van der Waals surface area contributed by atoms with Gasteiger partial charge in [-0.1, -0.05) is 54.6 Å². The SMILES string of the molecule is O=Cc1ccc2oc(CCC=Cc3ccc(-c4ccccc4)c(N(C(=O)O)[C@H]4CN5CCC4CC5)c3)nc2c1. The summed E-state index contributed by atoms with van der Waals surface area (Å²) in [4.78, 5) is 32.3. The first kappa shape index (κ1) is 25.1. The van der Waals surface area contributed by atoms with Crippen molar-refractivity contribution in [2.75, 3.05) is 24.5 Å². The zero-order valence-electron chi connectivity index (χ0n) is 21.7. The molecule has 7 rings (SSSR count). The highest BCUT2D eigenvalue weighted by Gasteiger charge is 2.40. The van der Waals surface area contributed by atoms with Crippen LogP contribution in [-0.4, -0.2) is 53.0 Å². The number of aldehydes is 1. The third kappa shape index (κ3) is 5.22. The van der Waals surface area contributed by atoms with Crippen LogP contribution in [0.1, 0.15) is 41.1 Å². The van der Waals surface area contributed by atoms with Crippen molar-refractivity contribution >= 4 is 35.2 Å². The van der Waals surface area contributed by atoms with Gasteiger partial charge >= 0.3 is 6.09 Å². The summed E-state index contributed by atoms with van der Waals surface area (Å²) in [6.07, 6.45) is 7.41. The number of nitrogens with zero attached hydrogens (tertiary/aromatic N) is 3. The summed E-state index contributed by atoms with van der Waals surface area (Å²) in [5.41, 5.74) is 5.54. The molecule has 3 saturated heterocycles. The fourth-order valence-electron chi connectivity index (χ4n) is 5.96. The molecule has 0 saturated carbocycles. The maximum Gasteiger partial charge on any atom is 0.412 e. The average molecular weight is 522 g/mol. The topological polar surface area (TPSA) is 86.9 Å². The number of hydrogen-bond donors (Lipinski definition) is 1. The van der Waals surface area contributed by atoms with E-state index >= 15 is 0 Å². The van der Waals surface area contributed by atoms with E-state index in [1.807, 2.05) is 54.6 Å². The number of aryl methyl sites for hydroxylation is 1. The van der Waals surface area contributed by atoms with Gasteiger partial charge in [-0.05, 0) is 73.7 Å². The standard InChI is InChI=1S/C32H31N3O4/c36-21-23-11-13-30-27(18-23)33-31(39-30)9-5-4-6-22-10-12-26(24-7-2-1-3-8-24)28(19-22)35(32(37)38)29-20-34-16-14-25(29)15-17-34/h1-4,6-8,10-13,18-19,21,25,29H,5,9,14-17,20H2,(H,37,38)/t29-/m0/s1. The van der Waals surface area contributed by atoms with Crippen LogP contribution in [0.4, 0.5) is 10.5 Å². The van der Waals surface area contributed by atoms with Gasteiger partial charge in [0, 0.05) is 24.1 Å².